The van der Waals surface area contributed by atoms with Crippen molar-refractivity contribution in [3.8, 4) is 0 Å². The Bertz CT molecular complexity index is 463. The summed E-state index contributed by atoms with van der Waals surface area (Å²) < 4.78 is 25.6. The number of halogens is 2. The summed E-state index contributed by atoms with van der Waals surface area (Å²) in [6.07, 6.45) is -0.243. The number of hydrogen-bond donors (Lipinski definition) is 1. The third kappa shape index (κ3) is 4.12. The fraction of sp³-hybridized carbons (Fsp3) is 0.333. The van der Waals surface area contributed by atoms with Gasteiger partial charge in [-0.3, -0.25) is 9.59 Å². The molecule has 1 rings (SSSR count). The maximum Gasteiger partial charge on any atom is 0.305 e. The molecule has 0 aliphatic carbocycles. The van der Waals surface area contributed by atoms with E-state index in [0.29, 0.717) is 5.56 Å². The van der Waals surface area contributed by atoms with E-state index in [9.17, 15) is 18.4 Å². The Hall–Kier alpha value is -1.98. The predicted octanol–water partition coefficient (Wildman–Crippen LogP) is 1.44. The first-order valence-corrected chi connectivity index (χ1v) is 5.30. The van der Waals surface area contributed by atoms with Crippen LogP contribution in [-0.4, -0.2) is 35.5 Å². The molecule has 18 heavy (non-hydrogen) atoms. The molecule has 0 unspecified atom stereocenters. The highest BCUT2D eigenvalue weighted by molar-refractivity contribution is 5.79. The zero-order chi connectivity index (χ0) is 13.7. The summed E-state index contributed by atoms with van der Waals surface area (Å²) in [7, 11) is 1.46. The Balaban J connectivity index is 2.58. The van der Waals surface area contributed by atoms with Crippen LogP contribution in [0.2, 0.25) is 0 Å². The molecule has 0 aromatic heterocycles. The van der Waals surface area contributed by atoms with Gasteiger partial charge >= 0.3 is 5.97 Å². The van der Waals surface area contributed by atoms with E-state index in [1.165, 1.54) is 18.0 Å². The third-order valence-corrected chi connectivity index (χ3v) is 2.43. The Labute approximate surface area is 103 Å². The fourth-order valence-electron chi connectivity index (χ4n) is 1.35. The van der Waals surface area contributed by atoms with Crippen molar-refractivity contribution in [2.45, 2.75) is 12.8 Å². The summed E-state index contributed by atoms with van der Waals surface area (Å²) in [5.41, 5.74) is 0.348. The Morgan fingerprint density at radius 3 is 2.50 bits per heavy atom. The first-order valence-electron chi connectivity index (χ1n) is 5.30. The molecule has 0 aliphatic heterocycles. The minimum Gasteiger partial charge on any atom is -0.481 e. The molecule has 6 heteroatoms. The van der Waals surface area contributed by atoms with E-state index in [2.05, 4.69) is 0 Å². The summed E-state index contributed by atoms with van der Waals surface area (Å²) in [4.78, 5) is 23.2. The minimum atomic E-state index is -1.01. The zero-order valence-electron chi connectivity index (χ0n) is 9.82. The SMILES string of the molecule is CN(CCC(=O)O)C(=O)Cc1ccc(F)c(F)c1. The number of nitrogens with zero attached hydrogens (tertiary/aromatic N) is 1. The van der Waals surface area contributed by atoms with Gasteiger partial charge in [0.2, 0.25) is 5.91 Å². The van der Waals surface area contributed by atoms with Gasteiger partial charge in [-0.15, -0.1) is 0 Å². The summed E-state index contributed by atoms with van der Waals surface area (Å²) in [6, 6.07) is 3.23. The van der Waals surface area contributed by atoms with Gasteiger partial charge in [-0.25, -0.2) is 8.78 Å². The van der Waals surface area contributed by atoms with Crippen LogP contribution < -0.4 is 0 Å². The Morgan fingerprint density at radius 2 is 1.94 bits per heavy atom. The van der Waals surface area contributed by atoms with Crippen molar-refractivity contribution >= 4 is 11.9 Å². The molecule has 0 heterocycles. The van der Waals surface area contributed by atoms with Crippen molar-refractivity contribution in [2.24, 2.45) is 0 Å². The van der Waals surface area contributed by atoms with E-state index in [1.54, 1.807) is 0 Å². The first kappa shape index (κ1) is 14.1. The molecule has 0 saturated carbocycles. The molecule has 0 aliphatic rings. The normalized spacial score (nSPS) is 10.2. The molecule has 0 fully saturated rings. The van der Waals surface area contributed by atoms with Crippen LogP contribution in [-0.2, 0) is 16.0 Å². The number of rotatable bonds is 5. The monoisotopic (exact) mass is 257 g/mol. The molecule has 0 radical (unpaired) electrons. The molecule has 1 amide bonds. The van der Waals surface area contributed by atoms with Crippen LogP contribution in [0.25, 0.3) is 0 Å². The molecule has 0 bridgehead atoms. The summed E-state index contributed by atoms with van der Waals surface area (Å²) in [5.74, 6) is -3.32. The highest BCUT2D eigenvalue weighted by Gasteiger charge is 2.12. The van der Waals surface area contributed by atoms with Crippen molar-refractivity contribution in [1.29, 1.82) is 0 Å². The van der Waals surface area contributed by atoms with Crippen LogP contribution >= 0.6 is 0 Å². The van der Waals surface area contributed by atoms with E-state index in [-0.39, 0.29) is 25.3 Å². The van der Waals surface area contributed by atoms with Crippen LogP contribution in [0.1, 0.15) is 12.0 Å². The van der Waals surface area contributed by atoms with Gasteiger partial charge in [0.25, 0.3) is 0 Å². The minimum absolute atomic E-state index is 0.0812. The number of likely N-dealkylation sites (N-methyl/N-ethyl adjacent to an activating group) is 1. The van der Waals surface area contributed by atoms with Crippen molar-refractivity contribution in [2.75, 3.05) is 13.6 Å². The van der Waals surface area contributed by atoms with Gasteiger partial charge in [0, 0.05) is 13.6 Å². The van der Waals surface area contributed by atoms with E-state index in [4.69, 9.17) is 5.11 Å². The van der Waals surface area contributed by atoms with E-state index < -0.39 is 17.6 Å². The summed E-state index contributed by atoms with van der Waals surface area (Å²) >= 11 is 0. The largest absolute Gasteiger partial charge is 0.481 e. The topological polar surface area (TPSA) is 57.6 Å². The average Bonchev–Trinajstić information content (AvgIpc) is 2.30. The second kappa shape index (κ2) is 6.09. The van der Waals surface area contributed by atoms with Crippen molar-refractivity contribution < 1.29 is 23.5 Å². The van der Waals surface area contributed by atoms with Crippen LogP contribution in [0.3, 0.4) is 0 Å². The van der Waals surface area contributed by atoms with Crippen LogP contribution in [0.4, 0.5) is 8.78 Å². The summed E-state index contributed by atoms with van der Waals surface area (Å²) in [5, 5.41) is 8.47. The lowest BCUT2D eigenvalue weighted by Crippen LogP contribution is -2.30. The van der Waals surface area contributed by atoms with E-state index >= 15 is 0 Å². The third-order valence-electron chi connectivity index (χ3n) is 2.43. The first-order chi connectivity index (χ1) is 8.40. The molecular formula is C12H13F2NO3. The maximum atomic E-state index is 12.9. The number of carboxylic acids is 1. The number of carbonyl (C=O) groups excluding carboxylic acids is 1. The number of hydrogen-bond acceptors (Lipinski definition) is 2. The quantitative estimate of drug-likeness (QED) is 0.868. The molecule has 0 spiro atoms. The molecule has 0 saturated heterocycles. The predicted molar refractivity (Wildman–Crippen MR) is 60.0 cm³/mol. The Morgan fingerprint density at radius 1 is 1.28 bits per heavy atom. The van der Waals surface area contributed by atoms with Crippen LogP contribution in [0.15, 0.2) is 18.2 Å². The summed E-state index contributed by atoms with van der Waals surface area (Å²) in [6.45, 7) is 0.0812. The molecule has 0 atom stereocenters. The molecule has 1 N–H and O–H groups in total. The maximum absolute atomic E-state index is 12.9. The number of amides is 1. The molecule has 1 aromatic rings. The Kier molecular flexibility index (Phi) is 4.76. The van der Waals surface area contributed by atoms with Gasteiger partial charge < -0.3 is 10.0 Å². The van der Waals surface area contributed by atoms with Gasteiger partial charge in [0.05, 0.1) is 12.8 Å². The number of carbonyl (C=O) groups is 2. The van der Waals surface area contributed by atoms with Gasteiger partial charge in [-0.2, -0.15) is 0 Å². The zero-order valence-corrected chi connectivity index (χ0v) is 9.82. The number of carboxylic acid groups (broad SMARTS) is 1. The fourth-order valence-corrected chi connectivity index (χ4v) is 1.35. The molecule has 4 nitrogen and oxygen atoms in total. The smallest absolute Gasteiger partial charge is 0.305 e. The average molecular weight is 257 g/mol. The molecule has 98 valence electrons. The van der Waals surface area contributed by atoms with Crippen LogP contribution in [0.5, 0.6) is 0 Å². The van der Waals surface area contributed by atoms with Gasteiger partial charge in [-0.1, -0.05) is 6.07 Å². The molecule has 1 aromatic carbocycles. The van der Waals surface area contributed by atoms with Gasteiger partial charge in [0.15, 0.2) is 11.6 Å². The van der Waals surface area contributed by atoms with Crippen molar-refractivity contribution in [1.82, 2.24) is 4.90 Å². The number of benzene rings is 1. The van der Waals surface area contributed by atoms with E-state index in [1.807, 2.05) is 0 Å². The number of aliphatic carboxylic acids is 1. The lowest BCUT2D eigenvalue weighted by atomic mass is 10.1. The van der Waals surface area contributed by atoms with Crippen LogP contribution in [0, 0.1) is 11.6 Å². The van der Waals surface area contributed by atoms with Crippen molar-refractivity contribution in [3.05, 3.63) is 35.4 Å². The lowest BCUT2D eigenvalue weighted by Gasteiger charge is -2.15. The second-order valence-electron chi connectivity index (χ2n) is 3.88. The lowest BCUT2D eigenvalue weighted by molar-refractivity contribution is -0.138. The highest BCUT2D eigenvalue weighted by atomic mass is 19.2. The van der Waals surface area contributed by atoms with Crippen molar-refractivity contribution in [3.63, 3.8) is 0 Å². The van der Waals surface area contributed by atoms with E-state index in [0.717, 1.165) is 12.1 Å². The highest BCUT2D eigenvalue weighted by Crippen LogP contribution is 2.10. The van der Waals surface area contributed by atoms with Gasteiger partial charge in [-0.05, 0) is 17.7 Å². The molecular weight excluding hydrogens is 244 g/mol. The van der Waals surface area contributed by atoms with Gasteiger partial charge in [0.1, 0.15) is 0 Å². The standard InChI is InChI=1S/C12H13F2NO3/c1-15(5-4-12(17)18)11(16)7-8-2-3-9(13)10(14)6-8/h2-3,6H,4-5,7H2,1H3,(H,17,18). The second-order valence-corrected chi connectivity index (χ2v) is 3.88.